The maximum absolute atomic E-state index is 12.1. The molecular formula is C15H15N3O3. The summed E-state index contributed by atoms with van der Waals surface area (Å²) in [5.74, 6) is -0.0729. The third-order valence-corrected chi connectivity index (χ3v) is 2.99. The Kier molecular flexibility index (Phi) is 4.73. The van der Waals surface area contributed by atoms with E-state index in [4.69, 9.17) is 0 Å². The zero-order valence-corrected chi connectivity index (χ0v) is 11.6. The number of hydrogen-bond donors (Lipinski definition) is 0. The van der Waals surface area contributed by atoms with Crippen LogP contribution in [-0.4, -0.2) is 34.2 Å². The van der Waals surface area contributed by atoms with Crippen LogP contribution in [0.4, 0.5) is 5.69 Å². The molecule has 0 N–H and O–H groups in total. The molecular weight excluding hydrogens is 270 g/mol. The minimum absolute atomic E-state index is 0.0183. The van der Waals surface area contributed by atoms with Gasteiger partial charge in [0.15, 0.2) is 5.78 Å². The van der Waals surface area contributed by atoms with Crippen molar-refractivity contribution in [2.45, 2.75) is 6.54 Å². The topological polar surface area (TPSA) is 76.3 Å². The van der Waals surface area contributed by atoms with Gasteiger partial charge in [-0.2, -0.15) is 0 Å². The molecule has 0 spiro atoms. The second kappa shape index (κ2) is 6.71. The molecule has 0 atom stereocenters. The molecule has 6 heteroatoms. The minimum Gasteiger partial charge on any atom is -0.295 e. The Morgan fingerprint density at radius 1 is 1.29 bits per heavy atom. The molecule has 0 radical (unpaired) electrons. The van der Waals surface area contributed by atoms with Crippen LogP contribution in [0.3, 0.4) is 0 Å². The quantitative estimate of drug-likeness (QED) is 0.462. The Bertz CT molecular complexity index is 626. The van der Waals surface area contributed by atoms with Crippen LogP contribution in [0.2, 0.25) is 0 Å². The van der Waals surface area contributed by atoms with E-state index < -0.39 is 4.92 Å². The first-order chi connectivity index (χ1) is 10.1. The normalized spacial score (nSPS) is 10.6. The molecule has 0 bridgehead atoms. The fourth-order valence-electron chi connectivity index (χ4n) is 1.96. The number of rotatable bonds is 6. The Morgan fingerprint density at radius 3 is 2.57 bits per heavy atom. The molecule has 0 aliphatic rings. The Morgan fingerprint density at radius 2 is 2.00 bits per heavy atom. The number of aromatic nitrogens is 1. The first-order valence-corrected chi connectivity index (χ1v) is 6.41. The number of nitro benzene ring substituents is 1. The van der Waals surface area contributed by atoms with Crippen molar-refractivity contribution in [2.24, 2.45) is 0 Å². The summed E-state index contributed by atoms with van der Waals surface area (Å²) in [5.41, 5.74) is 1.48. The average molecular weight is 285 g/mol. The molecule has 6 nitrogen and oxygen atoms in total. The van der Waals surface area contributed by atoms with Gasteiger partial charge in [-0.3, -0.25) is 24.8 Å². The number of non-ortho nitro benzene ring substituents is 1. The number of carbonyl (C=O) groups is 1. The monoisotopic (exact) mass is 285 g/mol. The lowest BCUT2D eigenvalue weighted by Gasteiger charge is -2.15. The van der Waals surface area contributed by atoms with Crippen LogP contribution in [0.15, 0.2) is 48.8 Å². The molecule has 2 rings (SSSR count). The van der Waals surface area contributed by atoms with E-state index in [1.54, 1.807) is 12.4 Å². The highest BCUT2D eigenvalue weighted by Crippen LogP contribution is 2.13. The van der Waals surface area contributed by atoms with Gasteiger partial charge in [0.1, 0.15) is 0 Å². The van der Waals surface area contributed by atoms with Gasteiger partial charge in [0, 0.05) is 36.6 Å². The molecule has 0 fully saturated rings. The summed E-state index contributed by atoms with van der Waals surface area (Å²) in [4.78, 5) is 28.1. The van der Waals surface area contributed by atoms with Crippen LogP contribution in [0.25, 0.3) is 0 Å². The second-order valence-electron chi connectivity index (χ2n) is 4.76. The highest BCUT2D eigenvalue weighted by molar-refractivity contribution is 5.97. The molecule has 0 saturated carbocycles. The number of hydrogen-bond acceptors (Lipinski definition) is 5. The molecule has 0 aliphatic carbocycles. The van der Waals surface area contributed by atoms with Crippen LogP contribution >= 0.6 is 0 Å². The van der Waals surface area contributed by atoms with E-state index in [1.807, 2.05) is 24.1 Å². The lowest BCUT2D eigenvalue weighted by atomic mass is 10.1. The molecule has 2 aromatic rings. The number of ketones is 1. The van der Waals surface area contributed by atoms with Crippen molar-refractivity contribution in [2.75, 3.05) is 13.6 Å². The zero-order valence-electron chi connectivity index (χ0n) is 11.6. The van der Waals surface area contributed by atoms with E-state index >= 15 is 0 Å². The maximum Gasteiger partial charge on any atom is 0.269 e. The van der Waals surface area contributed by atoms with Crippen LogP contribution in [0, 0.1) is 10.1 Å². The first-order valence-electron chi connectivity index (χ1n) is 6.41. The number of Topliss-reactive ketones (excluding diaryl/α,β-unsaturated/α-hetero) is 1. The molecule has 0 amide bonds. The number of benzene rings is 1. The van der Waals surface area contributed by atoms with Crippen molar-refractivity contribution in [3.05, 3.63) is 70.0 Å². The van der Waals surface area contributed by atoms with Gasteiger partial charge in [-0.1, -0.05) is 6.07 Å². The van der Waals surface area contributed by atoms with Crippen LogP contribution in [0.1, 0.15) is 15.9 Å². The fourth-order valence-corrected chi connectivity index (χ4v) is 1.96. The minimum atomic E-state index is -0.483. The Labute approximate surface area is 122 Å². The van der Waals surface area contributed by atoms with Crippen LogP contribution in [-0.2, 0) is 6.54 Å². The van der Waals surface area contributed by atoms with E-state index in [0.29, 0.717) is 12.1 Å². The third-order valence-electron chi connectivity index (χ3n) is 2.99. The van der Waals surface area contributed by atoms with E-state index in [0.717, 1.165) is 5.56 Å². The zero-order chi connectivity index (χ0) is 15.2. The van der Waals surface area contributed by atoms with Gasteiger partial charge in [-0.05, 0) is 30.8 Å². The number of carbonyl (C=O) groups excluding carboxylic acids is 1. The summed E-state index contributed by atoms with van der Waals surface area (Å²) in [7, 11) is 1.84. The Hall–Kier alpha value is -2.60. The van der Waals surface area contributed by atoms with E-state index in [2.05, 4.69) is 4.98 Å². The third kappa shape index (κ3) is 4.19. The largest absolute Gasteiger partial charge is 0.295 e. The summed E-state index contributed by atoms with van der Waals surface area (Å²) in [6.45, 7) is 0.860. The van der Waals surface area contributed by atoms with Crippen molar-refractivity contribution in [3.8, 4) is 0 Å². The molecule has 0 unspecified atom stereocenters. The lowest BCUT2D eigenvalue weighted by Crippen LogP contribution is -2.25. The average Bonchev–Trinajstić information content (AvgIpc) is 2.48. The van der Waals surface area contributed by atoms with Crippen molar-refractivity contribution in [3.63, 3.8) is 0 Å². The van der Waals surface area contributed by atoms with Gasteiger partial charge in [0.25, 0.3) is 5.69 Å². The fraction of sp³-hybridized carbons (Fsp3) is 0.200. The van der Waals surface area contributed by atoms with Gasteiger partial charge >= 0.3 is 0 Å². The molecule has 108 valence electrons. The summed E-state index contributed by atoms with van der Waals surface area (Å²) in [6, 6.07) is 9.45. The van der Waals surface area contributed by atoms with Gasteiger partial charge in [-0.15, -0.1) is 0 Å². The van der Waals surface area contributed by atoms with Gasteiger partial charge in [0.2, 0.25) is 0 Å². The van der Waals surface area contributed by atoms with Crippen molar-refractivity contribution < 1.29 is 9.72 Å². The number of nitro groups is 1. The predicted molar refractivity (Wildman–Crippen MR) is 78.0 cm³/mol. The SMILES string of the molecule is CN(CC(=O)c1ccc([N+](=O)[O-])cc1)Cc1cccnc1. The summed E-state index contributed by atoms with van der Waals surface area (Å²) in [6.07, 6.45) is 3.46. The number of likely N-dealkylation sites (N-methyl/N-ethyl adjacent to an activating group) is 1. The van der Waals surface area contributed by atoms with Crippen molar-refractivity contribution in [1.82, 2.24) is 9.88 Å². The number of pyridine rings is 1. The number of nitrogens with zero attached hydrogens (tertiary/aromatic N) is 3. The van der Waals surface area contributed by atoms with Gasteiger partial charge < -0.3 is 0 Å². The molecule has 0 aliphatic heterocycles. The maximum atomic E-state index is 12.1. The standard InChI is InChI=1S/C15H15N3O3/c1-17(10-12-3-2-8-16-9-12)11-15(19)13-4-6-14(7-5-13)18(20)21/h2-9H,10-11H2,1H3. The molecule has 1 aromatic carbocycles. The summed E-state index contributed by atoms with van der Waals surface area (Å²) < 4.78 is 0. The lowest BCUT2D eigenvalue weighted by molar-refractivity contribution is -0.384. The molecule has 0 saturated heterocycles. The van der Waals surface area contributed by atoms with E-state index in [9.17, 15) is 14.9 Å². The second-order valence-corrected chi connectivity index (χ2v) is 4.76. The summed E-state index contributed by atoms with van der Waals surface area (Å²) >= 11 is 0. The predicted octanol–water partition coefficient (Wildman–Crippen LogP) is 2.30. The van der Waals surface area contributed by atoms with Crippen LogP contribution in [0.5, 0.6) is 0 Å². The molecule has 21 heavy (non-hydrogen) atoms. The van der Waals surface area contributed by atoms with E-state index in [-0.39, 0.29) is 18.0 Å². The molecule has 1 aromatic heterocycles. The van der Waals surface area contributed by atoms with Crippen LogP contribution < -0.4 is 0 Å². The highest BCUT2D eigenvalue weighted by Gasteiger charge is 2.12. The Balaban J connectivity index is 1.96. The van der Waals surface area contributed by atoms with E-state index in [1.165, 1.54) is 24.3 Å². The molecule has 1 heterocycles. The van der Waals surface area contributed by atoms with Crippen molar-refractivity contribution in [1.29, 1.82) is 0 Å². The van der Waals surface area contributed by atoms with Gasteiger partial charge in [-0.25, -0.2) is 0 Å². The summed E-state index contributed by atoms with van der Waals surface area (Å²) in [5, 5.41) is 10.6. The van der Waals surface area contributed by atoms with Gasteiger partial charge in [0.05, 0.1) is 11.5 Å². The smallest absolute Gasteiger partial charge is 0.269 e. The highest BCUT2D eigenvalue weighted by atomic mass is 16.6. The first kappa shape index (κ1) is 14.8. The van der Waals surface area contributed by atoms with Crippen molar-refractivity contribution >= 4 is 11.5 Å².